The fourth-order valence-electron chi connectivity index (χ4n) is 3.18. The first kappa shape index (κ1) is 18.5. The summed E-state index contributed by atoms with van der Waals surface area (Å²) in [5.74, 6) is 0.453. The Balaban J connectivity index is 1.85. The highest BCUT2D eigenvalue weighted by molar-refractivity contribution is 5.75. The molecule has 0 aliphatic heterocycles. The fraction of sp³-hybridized carbons (Fsp3) is 0.944. The van der Waals surface area contributed by atoms with Crippen molar-refractivity contribution < 1.29 is 9.90 Å². The van der Waals surface area contributed by atoms with Gasteiger partial charge in [-0.3, -0.25) is 4.79 Å². The third-order valence-electron chi connectivity index (χ3n) is 4.69. The molecular weight excluding hydrogens is 262 g/mol. The van der Waals surface area contributed by atoms with Crippen LogP contribution in [0.3, 0.4) is 0 Å². The van der Waals surface area contributed by atoms with Crippen molar-refractivity contribution in [2.24, 2.45) is 5.92 Å². The first-order valence-corrected chi connectivity index (χ1v) is 9.18. The standard InChI is InChI=1S/C18H35NO2/c1-2-3-4-5-6-7-8-9-10-14-18(21)19-15-16-12-11-13-17(16)20/h16-17,20H,2-15H2,1H3,(H,19,21). The Kier molecular flexibility index (Phi) is 10.6. The largest absolute Gasteiger partial charge is 0.393 e. The molecule has 2 atom stereocenters. The lowest BCUT2D eigenvalue weighted by Gasteiger charge is -2.14. The van der Waals surface area contributed by atoms with Crippen LogP contribution in [0.25, 0.3) is 0 Å². The average Bonchev–Trinajstić information content (AvgIpc) is 2.89. The van der Waals surface area contributed by atoms with E-state index in [9.17, 15) is 9.90 Å². The third-order valence-corrected chi connectivity index (χ3v) is 4.69. The van der Waals surface area contributed by atoms with Gasteiger partial charge in [-0.2, -0.15) is 0 Å². The Morgan fingerprint density at radius 3 is 2.19 bits per heavy atom. The van der Waals surface area contributed by atoms with Gasteiger partial charge in [0.1, 0.15) is 0 Å². The molecule has 2 unspecified atom stereocenters. The van der Waals surface area contributed by atoms with E-state index < -0.39 is 0 Å². The summed E-state index contributed by atoms with van der Waals surface area (Å²) in [4.78, 5) is 11.7. The maximum atomic E-state index is 11.7. The Morgan fingerprint density at radius 1 is 1.00 bits per heavy atom. The lowest BCUT2D eigenvalue weighted by atomic mass is 10.1. The van der Waals surface area contributed by atoms with Crippen LogP contribution in [0, 0.1) is 5.92 Å². The van der Waals surface area contributed by atoms with E-state index in [1.165, 1.54) is 51.4 Å². The first-order valence-electron chi connectivity index (χ1n) is 9.18. The van der Waals surface area contributed by atoms with Crippen LogP contribution in [-0.4, -0.2) is 23.7 Å². The van der Waals surface area contributed by atoms with E-state index in [-0.39, 0.29) is 17.9 Å². The minimum Gasteiger partial charge on any atom is -0.393 e. The molecule has 3 heteroatoms. The summed E-state index contributed by atoms with van der Waals surface area (Å²) < 4.78 is 0. The minimum absolute atomic E-state index is 0.164. The first-order chi connectivity index (χ1) is 10.2. The molecule has 1 aliphatic rings. The lowest BCUT2D eigenvalue weighted by Crippen LogP contribution is -2.32. The average molecular weight is 297 g/mol. The van der Waals surface area contributed by atoms with Gasteiger partial charge in [0, 0.05) is 18.9 Å². The molecule has 0 spiro atoms. The van der Waals surface area contributed by atoms with E-state index in [0.717, 1.165) is 25.7 Å². The number of hydrogen-bond donors (Lipinski definition) is 2. The van der Waals surface area contributed by atoms with Gasteiger partial charge in [-0.05, 0) is 19.3 Å². The highest BCUT2D eigenvalue weighted by atomic mass is 16.3. The summed E-state index contributed by atoms with van der Waals surface area (Å²) in [5, 5.41) is 12.7. The maximum absolute atomic E-state index is 11.7. The molecule has 2 N–H and O–H groups in total. The number of carbonyl (C=O) groups excluding carboxylic acids is 1. The Bertz CT molecular complexity index is 268. The van der Waals surface area contributed by atoms with E-state index in [4.69, 9.17) is 0 Å². The van der Waals surface area contributed by atoms with Gasteiger partial charge in [-0.15, -0.1) is 0 Å². The molecule has 0 saturated heterocycles. The number of amides is 1. The number of aliphatic hydroxyl groups excluding tert-OH is 1. The van der Waals surface area contributed by atoms with Crippen LogP contribution in [-0.2, 0) is 4.79 Å². The minimum atomic E-state index is -0.196. The third kappa shape index (κ3) is 9.13. The van der Waals surface area contributed by atoms with Crippen molar-refractivity contribution >= 4 is 5.91 Å². The van der Waals surface area contributed by atoms with Crippen molar-refractivity contribution in [2.75, 3.05) is 6.54 Å². The van der Waals surface area contributed by atoms with Crippen LogP contribution in [0.2, 0.25) is 0 Å². The summed E-state index contributed by atoms with van der Waals surface area (Å²) in [7, 11) is 0. The molecule has 0 aromatic carbocycles. The number of aliphatic hydroxyl groups is 1. The SMILES string of the molecule is CCCCCCCCCCCC(=O)NCC1CCCC1O. The van der Waals surface area contributed by atoms with E-state index in [1.807, 2.05) is 0 Å². The van der Waals surface area contributed by atoms with Crippen molar-refractivity contribution in [1.29, 1.82) is 0 Å². The van der Waals surface area contributed by atoms with Gasteiger partial charge in [-0.25, -0.2) is 0 Å². The van der Waals surface area contributed by atoms with Gasteiger partial charge in [0.15, 0.2) is 0 Å². The van der Waals surface area contributed by atoms with Gasteiger partial charge in [0.05, 0.1) is 6.10 Å². The predicted molar refractivity (Wildman–Crippen MR) is 88.2 cm³/mol. The van der Waals surface area contributed by atoms with Crippen LogP contribution in [0.15, 0.2) is 0 Å². The highest BCUT2D eigenvalue weighted by Crippen LogP contribution is 2.24. The zero-order valence-corrected chi connectivity index (χ0v) is 13.9. The molecule has 1 amide bonds. The maximum Gasteiger partial charge on any atom is 0.220 e. The Morgan fingerprint density at radius 2 is 1.62 bits per heavy atom. The zero-order chi connectivity index (χ0) is 15.3. The van der Waals surface area contributed by atoms with Crippen molar-refractivity contribution in [1.82, 2.24) is 5.32 Å². The molecule has 1 aliphatic carbocycles. The molecule has 0 aromatic rings. The van der Waals surface area contributed by atoms with Gasteiger partial charge < -0.3 is 10.4 Å². The highest BCUT2D eigenvalue weighted by Gasteiger charge is 2.25. The van der Waals surface area contributed by atoms with Crippen molar-refractivity contribution in [3.05, 3.63) is 0 Å². The topological polar surface area (TPSA) is 49.3 Å². The molecular formula is C18H35NO2. The van der Waals surface area contributed by atoms with Gasteiger partial charge in [0.25, 0.3) is 0 Å². The fourth-order valence-corrected chi connectivity index (χ4v) is 3.18. The van der Waals surface area contributed by atoms with E-state index in [1.54, 1.807) is 0 Å². The number of hydrogen-bond acceptors (Lipinski definition) is 2. The van der Waals surface area contributed by atoms with Crippen LogP contribution < -0.4 is 5.32 Å². The number of unbranched alkanes of at least 4 members (excludes halogenated alkanes) is 8. The second-order valence-corrected chi connectivity index (χ2v) is 6.64. The summed E-state index contributed by atoms with van der Waals surface area (Å²) in [6.07, 6.45) is 15.1. The van der Waals surface area contributed by atoms with E-state index >= 15 is 0 Å². The lowest BCUT2D eigenvalue weighted by molar-refractivity contribution is -0.121. The molecule has 1 rings (SSSR count). The Hall–Kier alpha value is -0.570. The molecule has 0 aromatic heterocycles. The van der Waals surface area contributed by atoms with Crippen molar-refractivity contribution in [3.63, 3.8) is 0 Å². The number of rotatable bonds is 12. The predicted octanol–water partition coefficient (Wildman–Crippen LogP) is 4.18. The molecule has 0 radical (unpaired) electrons. The second-order valence-electron chi connectivity index (χ2n) is 6.64. The monoisotopic (exact) mass is 297 g/mol. The van der Waals surface area contributed by atoms with Crippen LogP contribution >= 0.6 is 0 Å². The summed E-state index contributed by atoms with van der Waals surface area (Å²) in [6.45, 7) is 2.91. The van der Waals surface area contributed by atoms with Crippen molar-refractivity contribution in [2.45, 2.75) is 96.5 Å². The molecule has 124 valence electrons. The van der Waals surface area contributed by atoms with Crippen molar-refractivity contribution in [3.8, 4) is 0 Å². The Labute approximate surface area is 130 Å². The van der Waals surface area contributed by atoms with Crippen LogP contribution in [0.4, 0.5) is 0 Å². The summed E-state index contributed by atoms with van der Waals surface area (Å²) >= 11 is 0. The normalized spacial score (nSPS) is 21.6. The quantitative estimate of drug-likeness (QED) is 0.531. The summed E-state index contributed by atoms with van der Waals surface area (Å²) in [5.41, 5.74) is 0. The van der Waals surface area contributed by atoms with Gasteiger partial charge in [0.2, 0.25) is 5.91 Å². The van der Waals surface area contributed by atoms with E-state index in [2.05, 4.69) is 12.2 Å². The molecule has 21 heavy (non-hydrogen) atoms. The molecule has 1 fully saturated rings. The number of nitrogens with one attached hydrogen (secondary N) is 1. The second kappa shape index (κ2) is 12.0. The number of carbonyl (C=O) groups is 1. The van der Waals surface area contributed by atoms with Gasteiger partial charge >= 0.3 is 0 Å². The van der Waals surface area contributed by atoms with E-state index in [0.29, 0.717) is 13.0 Å². The summed E-state index contributed by atoms with van der Waals surface area (Å²) in [6, 6.07) is 0. The van der Waals surface area contributed by atoms with Crippen LogP contribution in [0.1, 0.15) is 90.4 Å². The molecule has 0 heterocycles. The van der Waals surface area contributed by atoms with Gasteiger partial charge in [-0.1, -0.05) is 64.7 Å². The molecule has 3 nitrogen and oxygen atoms in total. The van der Waals surface area contributed by atoms with Crippen LogP contribution in [0.5, 0.6) is 0 Å². The molecule has 0 bridgehead atoms. The molecule has 1 saturated carbocycles. The smallest absolute Gasteiger partial charge is 0.220 e. The zero-order valence-electron chi connectivity index (χ0n) is 13.9.